The Hall–Kier alpha value is -3.51. The van der Waals surface area contributed by atoms with E-state index in [0.29, 0.717) is 28.3 Å². The average Bonchev–Trinajstić information content (AvgIpc) is 2.79. The van der Waals surface area contributed by atoms with Crippen LogP contribution in [0.5, 0.6) is 0 Å². The Morgan fingerprint density at radius 2 is 2.03 bits per heavy atom. The molecule has 164 valence electrons. The zero-order valence-electron chi connectivity index (χ0n) is 18.3. The lowest BCUT2D eigenvalue weighted by molar-refractivity contribution is 0.295. The van der Waals surface area contributed by atoms with Crippen LogP contribution in [0, 0.1) is 12.7 Å². The third kappa shape index (κ3) is 4.41. The molecule has 0 aliphatic carbocycles. The predicted molar refractivity (Wildman–Crippen MR) is 129 cm³/mol. The first-order chi connectivity index (χ1) is 15.5. The van der Waals surface area contributed by atoms with Crippen LogP contribution in [0.3, 0.4) is 0 Å². The highest BCUT2D eigenvalue weighted by Gasteiger charge is 2.21. The van der Waals surface area contributed by atoms with Crippen molar-refractivity contribution >= 4 is 11.4 Å². The first kappa shape index (κ1) is 21.7. The van der Waals surface area contributed by atoms with Gasteiger partial charge in [0.05, 0.1) is 17.1 Å². The molecule has 0 radical (unpaired) electrons. The molecule has 1 fully saturated rings. The number of anilines is 1. The second kappa shape index (κ2) is 9.32. The lowest BCUT2D eigenvalue weighted by Crippen LogP contribution is -2.41. The van der Waals surface area contributed by atoms with Gasteiger partial charge in [0.2, 0.25) is 0 Å². The van der Waals surface area contributed by atoms with Gasteiger partial charge in [0.1, 0.15) is 11.5 Å². The van der Waals surface area contributed by atoms with Crippen molar-refractivity contribution in [3.63, 3.8) is 0 Å². The first-order valence-electron chi connectivity index (χ1n) is 10.8. The molecule has 0 bridgehead atoms. The summed E-state index contributed by atoms with van der Waals surface area (Å²) in [4.78, 5) is 11.6. The van der Waals surface area contributed by atoms with Crippen LogP contribution in [0.15, 0.2) is 67.4 Å². The summed E-state index contributed by atoms with van der Waals surface area (Å²) in [6.07, 6.45) is 7.70. The molecule has 6 heteroatoms. The molecule has 1 aromatic carbocycles. The Morgan fingerprint density at radius 3 is 2.78 bits per heavy atom. The van der Waals surface area contributed by atoms with Crippen LogP contribution >= 0.6 is 0 Å². The second-order valence-corrected chi connectivity index (χ2v) is 8.13. The zero-order valence-corrected chi connectivity index (χ0v) is 18.3. The van der Waals surface area contributed by atoms with Gasteiger partial charge in [-0.3, -0.25) is 4.98 Å². The standard InChI is InChI=1S/C26H28FN5/c1-3-7-25(32-13-6-8-18(28)16-32)20-14-24(30-15-17(20)2)26-22(29)11-12-23(31-26)19-9-4-5-10-21(19)27/h3-5,7,9-12,14-15,18H,1,6,8,13,16,28-29H2,2H3/b25-7+/t18-/m0/s1. The maximum absolute atomic E-state index is 14.3. The van der Waals surface area contributed by atoms with Gasteiger partial charge in [-0.25, -0.2) is 9.37 Å². The number of benzene rings is 1. The van der Waals surface area contributed by atoms with Gasteiger partial charge >= 0.3 is 0 Å². The van der Waals surface area contributed by atoms with Crippen LogP contribution in [0.2, 0.25) is 0 Å². The minimum Gasteiger partial charge on any atom is -0.397 e. The molecule has 0 amide bonds. The number of nitrogen functional groups attached to an aromatic ring is 1. The van der Waals surface area contributed by atoms with Crippen LogP contribution in [0.1, 0.15) is 24.0 Å². The van der Waals surface area contributed by atoms with Crippen molar-refractivity contribution in [1.29, 1.82) is 0 Å². The maximum Gasteiger partial charge on any atom is 0.132 e. The fraction of sp³-hybridized carbons (Fsp3) is 0.231. The van der Waals surface area contributed by atoms with Gasteiger partial charge in [0.25, 0.3) is 0 Å². The number of nitrogens with zero attached hydrogens (tertiary/aromatic N) is 3. The fourth-order valence-corrected chi connectivity index (χ4v) is 4.13. The predicted octanol–water partition coefficient (Wildman–Crippen LogP) is 4.79. The molecule has 3 aromatic rings. The van der Waals surface area contributed by atoms with Gasteiger partial charge in [0.15, 0.2) is 0 Å². The number of likely N-dealkylation sites (tertiary alicyclic amines) is 1. The van der Waals surface area contributed by atoms with E-state index < -0.39 is 0 Å². The molecule has 1 saturated heterocycles. The molecule has 0 unspecified atom stereocenters. The Morgan fingerprint density at radius 1 is 1.22 bits per heavy atom. The number of halogens is 1. The molecular formula is C26H28FN5. The van der Waals surface area contributed by atoms with E-state index in [0.717, 1.165) is 42.8 Å². The number of allylic oxidation sites excluding steroid dienone is 2. The summed E-state index contributed by atoms with van der Waals surface area (Å²) in [5, 5.41) is 0. The number of hydrogen-bond acceptors (Lipinski definition) is 5. The number of hydrogen-bond donors (Lipinski definition) is 2. The SMILES string of the molecule is C=C/C=C(\c1cc(-c2nc(-c3ccccc3F)ccc2N)ncc1C)N1CCC[C@H](N)C1. The molecule has 5 nitrogen and oxygen atoms in total. The number of aromatic nitrogens is 2. The molecule has 4 rings (SSSR count). The monoisotopic (exact) mass is 429 g/mol. The molecule has 1 atom stereocenters. The number of pyridine rings is 2. The summed E-state index contributed by atoms with van der Waals surface area (Å²) in [6.45, 7) is 7.66. The molecule has 0 spiro atoms. The molecule has 1 aliphatic heterocycles. The minimum absolute atomic E-state index is 0.147. The second-order valence-electron chi connectivity index (χ2n) is 8.13. The Labute approximate surface area is 188 Å². The Kier molecular flexibility index (Phi) is 6.32. The lowest BCUT2D eigenvalue weighted by atomic mass is 10.00. The highest BCUT2D eigenvalue weighted by Crippen LogP contribution is 2.32. The van der Waals surface area contributed by atoms with E-state index in [-0.39, 0.29) is 11.9 Å². The normalized spacial score (nSPS) is 16.8. The summed E-state index contributed by atoms with van der Waals surface area (Å²) < 4.78 is 14.3. The fourth-order valence-electron chi connectivity index (χ4n) is 4.13. The van der Waals surface area contributed by atoms with Gasteiger partial charge in [-0.15, -0.1) is 0 Å². The van der Waals surface area contributed by atoms with E-state index in [1.807, 2.05) is 25.3 Å². The number of nitrogens with two attached hydrogens (primary N) is 2. The third-order valence-corrected chi connectivity index (χ3v) is 5.77. The van der Waals surface area contributed by atoms with Crippen molar-refractivity contribution < 1.29 is 4.39 Å². The minimum atomic E-state index is -0.328. The van der Waals surface area contributed by atoms with E-state index in [1.54, 1.807) is 36.4 Å². The molecule has 4 N–H and O–H groups in total. The Balaban J connectivity index is 1.79. The summed E-state index contributed by atoms with van der Waals surface area (Å²) in [5.41, 5.74) is 18.2. The molecular weight excluding hydrogens is 401 g/mol. The molecule has 1 aliphatic rings. The van der Waals surface area contributed by atoms with Gasteiger partial charge in [-0.1, -0.05) is 24.8 Å². The van der Waals surface area contributed by atoms with Crippen LogP contribution in [-0.4, -0.2) is 34.0 Å². The van der Waals surface area contributed by atoms with Crippen molar-refractivity contribution in [2.75, 3.05) is 18.8 Å². The quantitative estimate of drug-likeness (QED) is 0.570. The highest BCUT2D eigenvalue weighted by atomic mass is 19.1. The van der Waals surface area contributed by atoms with Crippen molar-refractivity contribution in [2.45, 2.75) is 25.8 Å². The molecule has 32 heavy (non-hydrogen) atoms. The third-order valence-electron chi connectivity index (χ3n) is 5.77. The molecule has 2 aromatic heterocycles. The van der Waals surface area contributed by atoms with E-state index in [9.17, 15) is 4.39 Å². The van der Waals surface area contributed by atoms with Crippen molar-refractivity contribution in [2.24, 2.45) is 5.73 Å². The largest absolute Gasteiger partial charge is 0.397 e. The van der Waals surface area contributed by atoms with Gasteiger partial charge < -0.3 is 16.4 Å². The van der Waals surface area contributed by atoms with E-state index in [4.69, 9.17) is 11.5 Å². The number of rotatable bonds is 5. The summed E-state index contributed by atoms with van der Waals surface area (Å²) >= 11 is 0. The van der Waals surface area contributed by atoms with E-state index in [2.05, 4.69) is 21.4 Å². The van der Waals surface area contributed by atoms with Crippen LogP contribution < -0.4 is 11.5 Å². The van der Waals surface area contributed by atoms with Crippen molar-refractivity contribution in [3.05, 3.63) is 84.3 Å². The Bertz CT molecular complexity index is 1170. The van der Waals surface area contributed by atoms with Crippen LogP contribution in [0.25, 0.3) is 28.3 Å². The zero-order chi connectivity index (χ0) is 22.7. The topological polar surface area (TPSA) is 81.1 Å². The highest BCUT2D eigenvalue weighted by molar-refractivity contribution is 5.78. The molecule has 0 saturated carbocycles. The number of piperidine rings is 1. The van der Waals surface area contributed by atoms with Gasteiger partial charge in [-0.05, 0) is 61.7 Å². The molecule has 3 heterocycles. The summed E-state index contributed by atoms with van der Waals surface area (Å²) in [6, 6.07) is 12.2. The average molecular weight is 430 g/mol. The van der Waals surface area contributed by atoms with Gasteiger partial charge in [0, 0.05) is 42.2 Å². The lowest BCUT2D eigenvalue weighted by Gasteiger charge is -2.35. The van der Waals surface area contributed by atoms with E-state index in [1.165, 1.54) is 6.07 Å². The summed E-state index contributed by atoms with van der Waals surface area (Å²) in [5.74, 6) is -0.328. The van der Waals surface area contributed by atoms with E-state index >= 15 is 0 Å². The smallest absolute Gasteiger partial charge is 0.132 e. The first-order valence-corrected chi connectivity index (χ1v) is 10.8. The van der Waals surface area contributed by atoms with Crippen molar-refractivity contribution in [3.8, 4) is 22.6 Å². The van der Waals surface area contributed by atoms with Crippen molar-refractivity contribution in [1.82, 2.24) is 14.9 Å². The van der Waals surface area contributed by atoms with Gasteiger partial charge in [-0.2, -0.15) is 0 Å². The number of aryl methyl sites for hydroxylation is 1. The summed E-state index contributed by atoms with van der Waals surface area (Å²) in [7, 11) is 0. The maximum atomic E-state index is 14.3. The van der Waals surface area contributed by atoms with Crippen LogP contribution in [-0.2, 0) is 0 Å². The van der Waals surface area contributed by atoms with Crippen LogP contribution in [0.4, 0.5) is 10.1 Å².